The van der Waals surface area contributed by atoms with Crippen LogP contribution in [0.5, 0.6) is 0 Å². The number of para-hydroxylation sites is 1. The monoisotopic (exact) mass is 398 g/mol. The van der Waals surface area contributed by atoms with Crippen molar-refractivity contribution in [2.75, 3.05) is 0 Å². The highest BCUT2D eigenvalue weighted by Crippen LogP contribution is 2.37. The molecule has 0 unspecified atom stereocenters. The van der Waals surface area contributed by atoms with E-state index in [4.69, 9.17) is 0 Å². The van der Waals surface area contributed by atoms with E-state index >= 15 is 0 Å². The first kappa shape index (κ1) is 19.6. The Morgan fingerprint density at radius 1 is 0.933 bits per heavy atom. The van der Waals surface area contributed by atoms with Crippen molar-refractivity contribution in [3.63, 3.8) is 0 Å². The number of hydrogen-bond donors (Lipinski definition) is 0. The molecule has 1 aromatic heterocycles. The average molecular weight is 398 g/mol. The molecule has 150 valence electrons. The zero-order valence-corrected chi connectivity index (χ0v) is 16.6. The number of fused-ring (bicyclic) bond motifs is 1. The molecule has 5 heteroatoms. The van der Waals surface area contributed by atoms with Gasteiger partial charge in [0.15, 0.2) is 0 Å². The van der Waals surface area contributed by atoms with E-state index in [-0.39, 0.29) is 0 Å². The van der Waals surface area contributed by atoms with Gasteiger partial charge >= 0.3 is 0 Å². The third kappa shape index (κ3) is 3.50. The summed E-state index contributed by atoms with van der Waals surface area (Å²) in [6.07, 6.45) is 1.96. The van der Waals surface area contributed by atoms with E-state index in [1.165, 1.54) is 0 Å². The summed E-state index contributed by atoms with van der Waals surface area (Å²) in [6, 6.07) is 24.2. The molecule has 0 amide bonds. The van der Waals surface area contributed by atoms with Crippen molar-refractivity contribution in [2.24, 2.45) is 0 Å². The first-order chi connectivity index (χ1) is 14.6. The van der Waals surface area contributed by atoms with Crippen LogP contribution in [-0.4, -0.2) is 21.3 Å². The smallest absolute Gasteiger partial charge is 0.285 e. The molecule has 0 aliphatic heterocycles. The van der Waals surface area contributed by atoms with Gasteiger partial charge in [0.2, 0.25) is 5.78 Å². The van der Waals surface area contributed by atoms with E-state index in [1.807, 2.05) is 67.7 Å². The number of nitro groups is 1. The van der Waals surface area contributed by atoms with Crippen molar-refractivity contribution in [2.45, 2.75) is 25.4 Å². The molecular weight excluding hydrogens is 376 g/mol. The number of aryl methyl sites for hydroxylation is 1. The summed E-state index contributed by atoms with van der Waals surface area (Å²) in [5.74, 6) is -1.19. The lowest BCUT2D eigenvalue weighted by Gasteiger charge is -2.21. The van der Waals surface area contributed by atoms with Crippen LogP contribution in [0.25, 0.3) is 10.9 Å². The van der Waals surface area contributed by atoms with Crippen LogP contribution in [0.3, 0.4) is 0 Å². The molecule has 1 heterocycles. The fraction of sp³-hybridized carbons (Fsp3) is 0.160. The van der Waals surface area contributed by atoms with Gasteiger partial charge in [-0.1, -0.05) is 78.9 Å². The van der Waals surface area contributed by atoms with Crippen LogP contribution in [0.1, 0.15) is 34.3 Å². The Morgan fingerprint density at radius 2 is 1.53 bits per heavy atom. The Morgan fingerprint density at radius 3 is 2.17 bits per heavy atom. The van der Waals surface area contributed by atoms with Crippen LogP contribution in [0, 0.1) is 10.1 Å². The highest BCUT2D eigenvalue weighted by Gasteiger charge is 2.42. The van der Waals surface area contributed by atoms with Gasteiger partial charge in [-0.05, 0) is 24.1 Å². The minimum atomic E-state index is -1.43. The molecule has 0 fully saturated rings. The predicted molar refractivity (Wildman–Crippen MR) is 117 cm³/mol. The van der Waals surface area contributed by atoms with Crippen molar-refractivity contribution < 1.29 is 9.72 Å². The summed E-state index contributed by atoms with van der Waals surface area (Å²) < 4.78 is 2.07. The lowest BCUT2D eigenvalue weighted by atomic mass is 9.82. The Hall–Kier alpha value is -3.73. The topological polar surface area (TPSA) is 65.1 Å². The van der Waals surface area contributed by atoms with Crippen molar-refractivity contribution in [1.29, 1.82) is 0 Å². The lowest BCUT2D eigenvalue weighted by Crippen LogP contribution is -2.36. The second kappa shape index (κ2) is 8.33. The molecule has 0 radical (unpaired) electrons. The summed E-state index contributed by atoms with van der Waals surface area (Å²) in [4.78, 5) is 25.2. The Kier molecular flexibility index (Phi) is 5.44. The Labute approximate surface area is 174 Å². The maximum absolute atomic E-state index is 13.3. The maximum Gasteiger partial charge on any atom is 0.285 e. The van der Waals surface area contributed by atoms with E-state index in [1.54, 1.807) is 30.3 Å². The van der Waals surface area contributed by atoms with Gasteiger partial charge < -0.3 is 4.57 Å². The molecule has 3 aromatic carbocycles. The minimum absolute atomic E-state index is 0.347. The van der Waals surface area contributed by atoms with Crippen molar-refractivity contribution >= 4 is 16.7 Å². The molecule has 0 bridgehead atoms. The number of hydrogen-bond acceptors (Lipinski definition) is 3. The quantitative estimate of drug-likeness (QED) is 0.240. The number of Topliss-reactive ketones (excluding diaryl/α,β-unsaturated/α-hetero) is 1. The molecule has 0 aliphatic rings. The van der Waals surface area contributed by atoms with Crippen molar-refractivity contribution in [3.05, 3.63) is 118 Å². The first-order valence-electron chi connectivity index (χ1n) is 9.97. The van der Waals surface area contributed by atoms with E-state index in [0.717, 1.165) is 28.6 Å². The molecule has 0 spiro atoms. The average Bonchev–Trinajstić information content (AvgIpc) is 3.16. The third-order valence-corrected chi connectivity index (χ3v) is 5.52. The van der Waals surface area contributed by atoms with Gasteiger partial charge in [-0.25, -0.2) is 0 Å². The minimum Gasteiger partial charge on any atom is -0.347 e. The van der Waals surface area contributed by atoms with Gasteiger partial charge in [0, 0.05) is 34.1 Å². The molecule has 0 N–H and O–H groups in total. The zero-order chi connectivity index (χ0) is 21.1. The molecule has 0 aliphatic carbocycles. The van der Waals surface area contributed by atoms with E-state index in [0.29, 0.717) is 5.56 Å². The first-order valence-corrected chi connectivity index (χ1v) is 9.97. The standard InChI is InChI=1S/C25H22N2O3/c1-2-26-17-21(20-15-9-10-16-22(20)26)23(18-11-5-3-6-12-18)24(27(29)30)25(28)19-13-7-4-8-14-19/h3-17,23-24H,2H2,1H3/t23-,24+/m1/s1. The number of ketones is 1. The summed E-state index contributed by atoms with van der Waals surface area (Å²) in [6.45, 7) is 2.77. The molecule has 0 saturated carbocycles. The fourth-order valence-electron chi connectivity index (χ4n) is 4.12. The van der Waals surface area contributed by atoms with Crippen molar-refractivity contribution in [3.8, 4) is 0 Å². The van der Waals surface area contributed by atoms with E-state index in [9.17, 15) is 14.9 Å². The Bertz CT molecular complexity index is 1180. The van der Waals surface area contributed by atoms with Crippen LogP contribution in [0.15, 0.2) is 91.1 Å². The molecule has 2 atom stereocenters. The predicted octanol–water partition coefficient (Wildman–Crippen LogP) is 5.32. The lowest BCUT2D eigenvalue weighted by molar-refractivity contribution is -0.507. The molecular formula is C25H22N2O3. The third-order valence-electron chi connectivity index (χ3n) is 5.52. The molecule has 4 rings (SSSR count). The summed E-state index contributed by atoms with van der Waals surface area (Å²) in [7, 11) is 0. The number of nitrogens with zero attached hydrogens (tertiary/aromatic N) is 2. The molecule has 5 nitrogen and oxygen atoms in total. The second-order valence-corrected chi connectivity index (χ2v) is 7.24. The van der Waals surface area contributed by atoms with Gasteiger partial charge in [0.05, 0.1) is 5.92 Å². The van der Waals surface area contributed by atoms with E-state index in [2.05, 4.69) is 4.57 Å². The molecule has 4 aromatic rings. The van der Waals surface area contributed by atoms with Gasteiger partial charge in [-0.2, -0.15) is 0 Å². The van der Waals surface area contributed by atoms with Gasteiger partial charge in [-0.15, -0.1) is 0 Å². The number of carbonyl (C=O) groups excluding carboxylic acids is 1. The SMILES string of the molecule is CCn1cc([C@@H](c2ccccc2)[C@@H](C(=O)c2ccccc2)[N+](=O)[O-])c2ccccc21. The van der Waals surface area contributed by atoms with Gasteiger partial charge in [0.25, 0.3) is 6.04 Å². The van der Waals surface area contributed by atoms with Crippen LogP contribution in [0.4, 0.5) is 0 Å². The number of aromatic nitrogens is 1. The van der Waals surface area contributed by atoms with E-state index < -0.39 is 22.7 Å². The zero-order valence-electron chi connectivity index (χ0n) is 16.6. The normalized spacial score (nSPS) is 13.1. The van der Waals surface area contributed by atoms with Crippen LogP contribution >= 0.6 is 0 Å². The summed E-state index contributed by atoms with van der Waals surface area (Å²) in [5, 5.41) is 13.2. The maximum atomic E-state index is 13.3. The number of benzene rings is 3. The largest absolute Gasteiger partial charge is 0.347 e. The van der Waals surface area contributed by atoms with Gasteiger partial charge in [0.1, 0.15) is 0 Å². The Balaban J connectivity index is 1.95. The highest BCUT2D eigenvalue weighted by atomic mass is 16.6. The summed E-state index contributed by atoms with van der Waals surface area (Å²) in [5.41, 5.74) is 2.90. The number of rotatable bonds is 7. The van der Waals surface area contributed by atoms with Crippen LogP contribution in [0.2, 0.25) is 0 Å². The fourth-order valence-corrected chi connectivity index (χ4v) is 4.12. The van der Waals surface area contributed by atoms with Crippen LogP contribution < -0.4 is 0 Å². The van der Waals surface area contributed by atoms with Crippen molar-refractivity contribution in [1.82, 2.24) is 4.57 Å². The number of carbonyl (C=O) groups is 1. The van der Waals surface area contributed by atoms with Gasteiger partial charge in [-0.3, -0.25) is 14.9 Å². The molecule has 0 saturated heterocycles. The second-order valence-electron chi connectivity index (χ2n) is 7.24. The summed E-state index contributed by atoms with van der Waals surface area (Å²) >= 11 is 0. The highest BCUT2D eigenvalue weighted by molar-refractivity contribution is 6.01. The molecule has 30 heavy (non-hydrogen) atoms. The van der Waals surface area contributed by atoms with Crippen LogP contribution in [-0.2, 0) is 6.54 Å².